The number of carbonyl (C=O) groups is 1. The summed E-state index contributed by atoms with van der Waals surface area (Å²) in [6, 6.07) is 1.91. The van der Waals surface area contributed by atoms with Crippen molar-refractivity contribution in [1.29, 1.82) is 0 Å². The number of anilines is 1. The van der Waals surface area contributed by atoms with E-state index in [0.717, 1.165) is 5.69 Å². The molecule has 7 heteroatoms. The average Bonchev–Trinajstić information content (AvgIpc) is 2.76. The van der Waals surface area contributed by atoms with Crippen molar-refractivity contribution in [2.75, 3.05) is 12.3 Å². The van der Waals surface area contributed by atoms with Crippen LogP contribution in [0.3, 0.4) is 0 Å². The Morgan fingerprint density at radius 3 is 2.89 bits per heavy atom. The van der Waals surface area contributed by atoms with Crippen molar-refractivity contribution < 1.29 is 4.79 Å². The standard InChI is InChI=1S/C11H14N6O/c1-17-5-3-8(16-17)2-4-13-11(18)9-6-15-10(12)7-14-9/h3,5-7H,2,4H2,1H3,(H2,12,15)(H,13,18). The SMILES string of the molecule is Cn1ccc(CCNC(=O)c2cnc(N)cn2)n1. The molecule has 7 nitrogen and oxygen atoms in total. The third kappa shape index (κ3) is 3.03. The van der Waals surface area contributed by atoms with Crippen molar-refractivity contribution in [3.63, 3.8) is 0 Å². The Hall–Kier alpha value is -2.44. The zero-order valence-corrected chi connectivity index (χ0v) is 10.00. The van der Waals surface area contributed by atoms with Crippen LogP contribution < -0.4 is 11.1 Å². The van der Waals surface area contributed by atoms with Gasteiger partial charge in [0.1, 0.15) is 11.5 Å². The van der Waals surface area contributed by atoms with Crippen LogP contribution in [0.1, 0.15) is 16.2 Å². The maximum atomic E-state index is 11.7. The molecule has 3 N–H and O–H groups in total. The van der Waals surface area contributed by atoms with Crippen LogP contribution in [0.5, 0.6) is 0 Å². The molecule has 0 spiro atoms. The molecule has 0 radical (unpaired) electrons. The van der Waals surface area contributed by atoms with E-state index in [4.69, 9.17) is 5.73 Å². The first-order chi connectivity index (χ1) is 8.65. The van der Waals surface area contributed by atoms with Gasteiger partial charge < -0.3 is 11.1 Å². The number of aryl methyl sites for hydroxylation is 1. The van der Waals surface area contributed by atoms with Crippen molar-refractivity contribution in [3.05, 3.63) is 36.0 Å². The Kier molecular flexibility index (Phi) is 3.52. The van der Waals surface area contributed by atoms with E-state index in [1.165, 1.54) is 12.4 Å². The van der Waals surface area contributed by atoms with Crippen molar-refractivity contribution in [1.82, 2.24) is 25.1 Å². The lowest BCUT2D eigenvalue weighted by atomic mass is 10.3. The number of carbonyl (C=O) groups excluding carboxylic acids is 1. The van der Waals surface area contributed by atoms with Gasteiger partial charge in [-0.2, -0.15) is 5.10 Å². The smallest absolute Gasteiger partial charge is 0.271 e. The molecule has 18 heavy (non-hydrogen) atoms. The van der Waals surface area contributed by atoms with Gasteiger partial charge in [-0.3, -0.25) is 9.48 Å². The van der Waals surface area contributed by atoms with Crippen LogP contribution in [0.15, 0.2) is 24.7 Å². The largest absolute Gasteiger partial charge is 0.382 e. The first-order valence-corrected chi connectivity index (χ1v) is 5.49. The number of rotatable bonds is 4. The van der Waals surface area contributed by atoms with Crippen LogP contribution in [0.2, 0.25) is 0 Å². The molecule has 0 saturated carbocycles. The van der Waals surface area contributed by atoms with Crippen LogP contribution in [-0.4, -0.2) is 32.2 Å². The summed E-state index contributed by atoms with van der Waals surface area (Å²) in [6.07, 6.45) is 5.25. The number of nitrogens with one attached hydrogen (secondary N) is 1. The van der Waals surface area contributed by atoms with Crippen LogP contribution in [-0.2, 0) is 13.5 Å². The zero-order chi connectivity index (χ0) is 13.0. The van der Waals surface area contributed by atoms with Gasteiger partial charge in [0.15, 0.2) is 0 Å². The summed E-state index contributed by atoms with van der Waals surface area (Å²) in [7, 11) is 1.85. The van der Waals surface area contributed by atoms with Crippen LogP contribution >= 0.6 is 0 Å². The predicted molar refractivity (Wildman–Crippen MR) is 65.7 cm³/mol. The van der Waals surface area contributed by atoms with E-state index in [1.807, 2.05) is 19.3 Å². The van der Waals surface area contributed by atoms with Crippen molar-refractivity contribution in [3.8, 4) is 0 Å². The Balaban J connectivity index is 1.83. The van der Waals surface area contributed by atoms with Crippen molar-refractivity contribution >= 4 is 11.7 Å². The van der Waals surface area contributed by atoms with Gasteiger partial charge >= 0.3 is 0 Å². The molecule has 2 rings (SSSR count). The lowest BCUT2D eigenvalue weighted by molar-refractivity contribution is 0.0948. The second-order valence-electron chi connectivity index (χ2n) is 3.81. The molecule has 94 valence electrons. The molecule has 0 aliphatic rings. The summed E-state index contributed by atoms with van der Waals surface area (Å²) in [5.74, 6) is 0.0264. The highest BCUT2D eigenvalue weighted by Crippen LogP contribution is 1.97. The Morgan fingerprint density at radius 1 is 1.44 bits per heavy atom. The van der Waals surface area contributed by atoms with Crippen molar-refractivity contribution in [2.24, 2.45) is 7.05 Å². The average molecular weight is 246 g/mol. The van der Waals surface area contributed by atoms with Gasteiger partial charge in [0.05, 0.1) is 18.1 Å². The second kappa shape index (κ2) is 5.26. The van der Waals surface area contributed by atoms with E-state index in [9.17, 15) is 4.79 Å². The molecular weight excluding hydrogens is 232 g/mol. The number of aromatic nitrogens is 4. The van der Waals surface area contributed by atoms with E-state index >= 15 is 0 Å². The summed E-state index contributed by atoms with van der Waals surface area (Å²) in [6.45, 7) is 0.502. The van der Waals surface area contributed by atoms with Crippen LogP contribution in [0.4, 0.5) is 5.82 Å². The number of hydrogen-bond donors (Lipinski definition) is 2. The van der Waals surface area contributed by atoms with Gasteiger partial charge in [0.2, 0.25) is 0 Å². The van der Waals surface area contributed by atoms with Gasteiger partial charge in [-0.1, -0.05) is 0 Å². The zero-order valence-electron chi connectivity index (χ0n) is 10.00. The van der Waals surface area contributed by atoms with Gasteiger partial charge in [-0.15, -0.1) is 0 Å². The Bertz CT molecular complexity index is 533. The van der Waals surface area contributed by atoms with Gasteiger partial charge in [0, 0.05) is 26.2 Å². The van der Waals surface area contributed by atoms with Crippen LogP contribution in [0.25, 0.3) is 0 Å². The highest BCUT2D eigenvalue weighted by molar-refractivity contribution is 5.91. The molecule has 2 aromatic rings. The first-order valence-electron chi connectivity index (χ1n) is 5.49. The maximum Gasteiger partial charge on any atom is 0.271 e. The molecule has 0 aliphatic heterocycles. The van der Waals surface area contributed by atoms with Gasteiger partial charge in [-0.05, 0) is 6.07 Å². The summed E-state index contributed by atoms with van der Waals surface area (Å²) in [5.41, 5.74) is 6.58. The fourth-order valence-corrected chi connectivity index (χ4v) is 1.45. The van der Waals surface area contributed by atoms with Gasteiger partial charge in [-0.25, -0.2) is 9.97 Å². The molecule has 2 aromatic heterocycles. The minimum atomic E-state index is -0.265. The fraction of sp³-hybridized carbons (Fsp3) is 0.273. The number of nitrogens with zero attached hydrogens (tertiary/aromatic N) is 4. The fourth-order valence-electron chi connectivity index (χ4n) is 1.45. The summed E-state index contributed by atoms with van der Waals surface area (Å²) in [5, 5.41) is 6.96. The highest BCUT2D eigenvalue weighted by atomic mass is 16.1. The van der Waals surface area contributed by atoms with E-state index < -0.39 is 0 Å². The molecule has 0 unspecified atom stereocenters. The summed E-state index contributed by atoms with van der Waals surface area (Å²) >= 11 is 0. The van der Waals surface area contributed by atoms with Crippen molar-refractivity contribution in [2.45, 2.75) is 6.42 Å². The first kappa shape index (κ1) is 12.0. The number of amides is 1. The number of nitrogen functional groups attached to an aromatic ring is 1. The molecular formula is C11H14N6O. The molecule has 0 aliphatic carbocycles. The minimum Gasteiger partial charge on any atom is -0.382 e. The predicted octanol–water partition coefficient (Wildman–Crippen LogP) is -0.235. The lowest BCUT2D eigenvalue weighted by Gasteiger charge is -2.03. The normalized spacial score (nSPS) is 10.3. The molecule has 0 saturated heterocycles. The molecule has 0 fully saturated rings. The highest BCUT2D eigenvalue weighted by Gasteiger charge is 2.07. The van der Waals surface area contributed by atoms with E-state index in [1.54, 1.807) is 4.68 Å². The maximum absolute atomic E-state index is 11.7. The molecule has 2 heterocycles. The minimum absolute atomic E-state index is 0.255. The van der Waals surface area contributed by atoms with Crippen LogP contribution in [0, 0.1) is 0 Å². The summed E-state index contributed by atoms with van der Waals surface area (Å²) < 4.78 is 1.72. The quantitative estimate of drug-likeness (QED) is 0.776. The Labute approximate surface area is 104 Å². The monoisotopic (exact) mass is 246 g/mol. The third-order valence-electron chi connectivity index (χ3n) is 2.34. The molecule has 0 bridgehead atoms. The Morgan fingerprint density at radius 2 is 2.28 bits per heavy atom. The molecule has 0 aromatic carbocycles. The molecule has 0 atom stereocenters. The van der Waals surface area contributed by atoms with E-state index in [0.29, 0.717) is 18.8 Å². The third-order valence-corrected chi connectivity index (χ3v) is 2.34. The topological polar surface area (TPSA) is 98.7 Å². The number of hydrogen-bond acceptors (Lipinski definition) is 5. The lowest BCUT2D eigenvalue weighted by Crippen LogP contribution is -2.26. The van der Waals surface area contributed by atoms with E-state index in [-0.39, 0.29) is 11.6 Å². The summed E-state index contributed by atoms with van der Waals surface area (Å²) in [4.78, 5) is 19.4. The van der Waals surface area contributed by atoms with Gasteiger partial charge in [0.25, 0.3) is 5.91 Å². The number of nitrogens with two attached hydrogens (primary N) is 1. The van der Waals surface area contributed by atoms with E-state index in [2.05, 4.69) is 20.4 Å². The molecule has 1 amide bonds. The second-order valence-corrected chi connectivity index (χ2v) is 3.81.